The summed E-state index contributed by atoms with van der Waals surface area (Å²) in [6.07, 6.45) is 8.77. The number of rotatable bonds is 1. The van der Waals surface area contributed by atoms with Gasteiger partial charge in [0.2, 0.25) is 0 Å². The monoisotopic (exact) mass is 408 g/mol. The van der Waals surface area contributed by atoms with Gasteiger partial charge in [0.1, 0.15) is 0 Å². The highest BCUT2D eigenvalue weighted by atomic mass is 16.7. The Labute approximate surface area is 180 Å². The van der Waals surface area contributed by atoms with Crippen LogP contribution in [0, 0.1) is 28.6 Å². The van der Waals surface area contributed by atoms with Gasteiger partial charge in [-0.3, -0.25) is 0 Å². The molecule has 1 aliphatic heterocycles. The van der Waals surface area contributed by atoms with Crippen LogP contribution in [-0.4, -0.2) is 30.2 Å². The smallest absolute Gasteiger partial charge is 0.172 e. The number of allylic oxidation sites excluding steroid dienone is 1. The Hall–Kier alpha value is -1.16. The molecule has 0 bridgehead atoms. The first-order chi connectivity index (χ1) is 14.5. The molecule has 6 atom stereocenters. The standard InChI is InChI=1S/C27H36O3/c1-25-12-13-27(29-14-15-30-27)17-23(25)19(18-6-4-3-5-7-18)16-20-21-8-9-24(28)26(21,2)11-10-22(20)25/h3-7,20-22,24,28H,8-17H2,1-2H3/t20-,21-,22-,24?,25+,26-/m0/s1. The zero-order valence-corrected chi connectivity index (χ0v) is 18.5. The van der Waals surface area contributed by atoms with Crippen molar-refractivity contribution in [2.24, 2.45) is 28.6 Å². The predicted octanol–water partition coefficient (Wildman–Crippen LogP) is 5.58. The van der Waals surface area contributed by atoms with E-state index in [1.807, 2.05) is 0 Å². The van der Waals surface area contributed by atoms with Crippen LogP contribution in [0.3, 0.4) is 0 Å². The maximum atomic E-state index is 10.8. The Morgan fingerprint density at radius 3 is 2.43 bits per heavy atom. The second kappa shape index (κ2) is 6.67. The van der Waals surface area contributed by atoms with Gasteiger partial charge in [0.05, 0.1) is 19.3 Å². The second-order valence-electron chi connectivity index (χ2n) is 11.2. The first kappa shape index (κ1) is 19.5. The average molecular weight is 409 g/mol. The van der Waals surface area contributed by atoms with E-state index in [4.69, 9.17) is 9.47 Å². The molecule has 0 amide bonds. The third-order valence-corrected chi connectivity index (χ3v) is 10.1. The maximum absolute atomic E-state index is 10.8. The van der Waals surface area contributed by atoms with Crippen LogP contribution in [0.25, 0.3) is 5.57 Å². The highest BCUT2D eigenvalue weighted by Gasteiger charge is 2.61. The van der Waals surface area contributed by atoms with Crippen LogP contribution in [0.4, 0.5) is 0 Å². The third kappa shape index (κ3) is 2.61. The molecule has 3 saturated carbocycles. The van der Waals surface area contributed by atoms with E-state index in [1.54, 1.807) is 11.1 Å². The zero-order valence-electron chi connectivity index (χ0n) is 18.5. The van der Waals surface area contributed by atoms with Crippen LogP contribution in [0.5, 0.6) is 0 Å². The lowest BCUT2D eigenvalue weighted by Gasteiger charge is -2.59. The van der Waals surface area contributed by atoms with Gasteiger partial charge in [0.15, 0.2) is 5.79 Å². The fourth-order valence-corrected chi connectivity index (χ4v) is 8.39. The van der Waals surface area contributed by atoms with Crippen LogP contribution in [0.15, 0.2) is 35.9 Å². The summed E-state index contributed by atoms with van der Waals surface area (Å²) in [6.45, 7) is 6.40. The minimum Gasteiger partial charge on any atom is -0.393 e. The molecule has 3 heteroatoms. The number of hydrogen-bond donors (Lipinski definition) is 1. The lowest BCUT2D eigenvalue weighted by Crippen LogP contribution is -2.53. The summed E-state index contributed by atoms with van der Waals surface area (Å²) in [5.74, 6) is 1.68. The molecule has 4 aliphatic carbocycles. The summed E-state index contributed by atoms with van der Waals surface area (Å²) >= 11 is 0. The van der Waals surface area contributed by atoms with Crippen molar-refractivity contribution in [1.82, 2.24) is 0 Å². The highest BCUT2D eigenvalue weighted by molar-refractivity contribution is 5.72. The lowest BCUT2D eigenvalue weighted by molar-refractivity contribution is -0.185. The number of fused-ring (bicyclic) bond motifs is 5. The topological polar surface area (TPSA) is 38.7 Å². The predicted molar refractivity (Wildman–Crippen MR) is 118 cm³/mol. The number of aliphatic hydroxyl groups is 1. The fourth-order valence-electron chi connectivity index (χ4n) is 8.39. The molecule has 1 aromatic carbocycles. The van der Waals surface area contributed by atoms with Crippen molar-refractivity contribution < 1.29 is 14.6 Å². The molecule has 6 rings (SSSR count). The molecule has 1 heterocycles. The van der Waals surface area contributed by atoms with Gasteiger partial charge in [-0.2, -0.15) is 0 Å². The van der Waals surface area contributed by atoms with Gasteiger partial charge < -0.3 is 14.6 Å². The van der Waals surface area contributed by atoms with Crippen LogP contribution in [0.1, 0.15) is 70.8 Å². The molecule has 1 N–H and O–H groups in total. The van der Waals surface area contributed by atoms with E-state index < -0.39 is 0 Å². The number of hydrogen-bond acceptors (Lipinski definition) is 3. The second-order valence-corrected chi connectivity index (χ2v) is 11.2. The maximum Gasteiger partial charge on any atom is 0.172 e. The van der Waals surface area contributed by atoms with Crippen molar-refractivity contribution in [3.8, 4) is 0 Å². The molecule has 30 heavy (non-hydrogen) atoms. The molecule has 0 aromatic heterocycles. The summed E-state index contributed by atoms with van der Waals surface area (Å²) < 4.78 is 12.4. The Balaban J connectivity index is 1.47. The quantitative estimate of drug-likeness (QED) is 0.659. The Kier molecular flexibility index (Phi) is 4.34. The van der Waals surface area contributed by atoms with Crippen molar-refractivity contribution >= 4 is 5.57 Å². The van der Waals surface area contributed by atoms with Crippen molar-refractivity contribution in [2.75, 3.05) is 13.2 Å². The summed E-state index contributed by atoms with van der Waals surface area (Å²) in [6, 6.07) is 11.1. The van der Waals surface area contributed by atoms with Crippen LogP contribution < -0.4 is 0 Å². The molecule has 1 unspecified atom stereocenters. The average Bonchev–Trinajstić information content (AvgIpc) is 3.34. The van der Waals surface area contributed by atoms with Gasteiger partial charge in [-0.1, -0.05) is 49.8 Å². The Morgan fingerprint density at radius 2 is 1.67 bits per heavy atom. The van der Waals surface area contributed by atoms with E-state index in [1.165, 1.54) is 24.8 Å². The van der Waals surface area contributed by atoms with E-state index in [0.29, 0.717) is 11.8 Å². The zero-order chi connectivity index (χ0) is 20.6. The largest absolute Gasteiger partial charge is 0.393 e. The molecular formula is C27H36O3. The SMILES string of the molecule is C[C@]12CCC3(CC1=C(c1ccccc1)C[C@@H]1[C@@H]2CC[C@]2(C)C(O)CC[C@@H]12)OCCO3. The highest BCUT2D eigenvalue weighted by Crippen LogP contribution is 2.68. The van der Waals surface area contributed by atoms with Crippen LogP contribution >= 0.6 is 0 Å². The fraction of sp³-hybridized carbons (Fsp3) is 0.704. The van der Waals surface area contributed by atoms with Crippen LogP contribution in [0.2, 0.25) is 0 Å². The minimum atomic E-state index is -0.381. The summed E-state index contributed by atoms with van der Waals surface area (Å²) in [4.78, 5) is 0. The first-order valence-corrected chi connectivity index (χ1v) is 12.2. The van der Waals surface area contributed by atoms with Gasteiger partial charge in [-0.15, -0.1) is 0 Å². The van der Waals surface area contributed by atoms with E-state index in [-0.39, 0.29) is 22.7 Å². The molecule has 4 fully saturated rings. The first-order valence-electron chi connectivity index (χ1n) is 12.2. The Bertz CT molecular complexity index is 854. The molecule has 1 saturated heterocycles. The minimum absolute atomic E-state index is 0.114. The van der Waals surface area contributed by atoms with E-state index in [9.17, 15) is 5.11 Å². The van der Waals surface area contributed by atoms with Gasteiger partial charge in [0.25, 0.3) is 0 Å². The number of aliphatic hydroxyl groups excluding tert-OH is 1. The van der Waals surface area contributed by atoms with Gasteiger partial charge in [-0.05, 0) is 78.2 Å². The van der Waals surface area contributed by atoms with E-state index in [2.05, 4.69) is 44.2 Å². The van der Waals surface area contributed by atoms with Crippen molar-refractivity contribution in [1.29, 1.82) is 0 Å². The molecule has 1 spiro atoms. The normalized spacial score (nSPS) is 44.6. The molecule has 0 radical (unpaired) electrons. The Morgan fingerprint density at radius 1 is 0.900 bits per heavy atom. The van der Waals surface area contributed by atoms with E-state index >= 15 is 0 Å². The molecular weight excluding hydrogens is 372 g/mol. The summed E-state index contributed by atoms with van der Waals surface area (Å²) in [7, 11) is 0. The van der Waals surface area contributed by atoms with Crippen molar-refractivity contribution in [3.05, 3.63) is 41.5 Å². The molecule has 3 nitrogen and oxygen atoms in total. The van der Waals surface area contributed by atoms with Crippen molar-refractivity contribution in [3.63, 3.8) is 0 Å². The summed E-state index contributed by atoms with van der Waals surface area (Å²) in [5, 5.41) is 10.8. The van der Waals surface area contributed by atoms with E-state index in [0.717, 1.165) is 51.2 Å². The van der Waals surface area contributed by atoms with Gasteiger partial charge >= 0.3 is 0 Å². The molecule has 5 aliphatic rings. The molecule has 1 aromatic rings. The molecule has 162 valence electrons. The lowest BCUT2D eigenvalue weighted by atomic mass is 9.46. The van der Waals surface area contributed by atoms with Gasteiger partial charge in [0, 0.05) is 12.8 Å². The summed E-state index contributed by atoms with van der Waals surface area (Å²) in [5.41, 5.74) is 4.90. The van der Waals surface area contributed by atoms with Gasteiger partial charge in [-0.25, -0.2) is 0 Å². The number of ether oxygens (including phenoxy) is 2. The van der Waals surface area contributed by atoms with Crippen LogP contribution in [-0.2, 0) is 9.47 Å². The number of benzene rings is 1. The van der Waals surface area contributed by atoms with Crippen molar-refractivity contribution in [2.45, 2.75) is 77.1 Å². The third-order valence-electron chi connectivity index (χ3n) is 10.1.